The normalized spacial score (nSPS) is 13.0. The lowest BCUT2D eigenvalue weighted by atomic mass is 10.1. The zero-order valence-corrected chi connectivity index (χ0v) is 10.1. The number of nitrogens with one attached hydrogen (secondary N) is 1. The second-order valence-electron chi connectivity index (χ2n) is 4.00. The van der Waals surface area contributed by atoms with Crippen molar-refractivity contribution >= 4 is 5.91 Å². The Bertz CT molecular complexity index is 479. The fraction of sp³-hybridized carbons (Fsp3) is 0.364. The van der Waals surface area contributed by atoms with Crippen LogP contribution in [0, 0.1) is 0 Å². The summed E-state index contributed by atoms with van der Waals surface area (Å²) in [6.45, 7) is -1.62. The first-order valence-corrected chi connectivity index (χ1v) is 5.44. The number of hydroxylamine groups is 1. The van der Waals surface area contributed by atoms with Crippen LogP contribution in [0.15, 0.2) is 18.2 Å². The Morgan fingerprint density at radius 1 is 1.35 bits per heavy atom. The Morgan fingerprint density at radius 2 is 2.00 bits per heavy atom. The Kier molecular flexibility index (Phi) is 5.17. The minimum Gasteiger partial charge on any atom is -0.504 e. The zero-order valence-electron chi connectivity index (χ0n) is 10.1. The fourth-order valence-corrected chi connectivity index (χ4v) is 1.31. The summed E-state index contributed by atoms with van der Waals surface area (Å²) in [5, 5.41) is 18.3. The molecule has 0 radical (unpaired) electrons. The third-order valence-electron chi connectivity index (χ3n) is 2.24. The van der Waals surface area contributed by atoms with Gasteiger partial charge in [0, 0.05) is 0 Å². The lowest BCUT2D eigenvalue weighted by Gasteiger charge is -2.13. The molecule has 1 aromatic carbocycles. The van der Waals surface area contributed by atoms with Crippen LogP contribution in [-0.2, 0) is 16.1 Å². The highest BCUT2D eigenvalue weighted by Crippen LogP contribution is 2.25. The third kappa shape index (κ3) is 5.33. The summed E-state index contributed by atoms with van der Waals surface area (Å²) in [5.41, 5.74) is 7.49. The average molecular weight is 294 g/mol. The van der Waals surface area contributed by atoms with Gasteiger partial charge < -0.3 is 15.9 Å². The van der Waals surface area contributed by atoms with Gasteiger partial charge in [-0.2, -0.15) is 13.2 Å². The van der Waals surface area contributed by atoms with Crippen molar-refractivity contribution in [2.75, 3.05) is 6.61 Å². The van der Waals surface area contributed by atoms with Gasteiger partial charge in [-0.05, 0) is 24.1 Å². The number of aromatic hydroxyl groups is 2. The van der Waals surface area contributed by atoms with Gasteiger partial charge in [0.25, 0.3) is 5.91 Å². The molecular formula is C11H13F3N2O4. The number of phenols is 2. The molecule has 5 N–H and O–H groups in total. The largest absolute Gasteiger partial charge is 0.504 e. The van der Waals surface area contributed by atoms with E-state index in [0.717, 1.165) is 0 Å². The molecule has 0 bridgehead atoms. The first-order valence-electron chi connectivity index (χ1n) is 5.44. The monoisotopic (exact) mass is 294 g/mol. The van der Waals surface area contributed by atoms with Crippen molar-refractivity contribution in [2.24, 2.45) is 5.73 Å². The number of hydrogen-bond acceptors (Lipinski definition) is 5. The van der Waals surface area contributed by atoms with E-state index >= 15 is 0 Å². The van der Waals surface area contributed by atoms with E-state index < -0.39 is 24.7 Å². The highest BCUT2D eigenvalue weighted by molar-refractivity contribution is 5.80. The molecular weight excluding hydrogens is 281 g/mol. The molecule has 0 fully saturated rings. The molecule has 112 valence electrons. The van der Waals surface area contributed by atoms with Crippen LogP contribution in [0.5, 0.6) is 11.5 Å². The topological polar surface area (TPSA) is 105 Å². The van der Waals surface area contributed by atoms with Crippen LogP contribution < -0.4 is 11.2 Å². The lowest BCUT2D eigenvalue weighted by Crippen LogP contribution is -2.43. The van der Waals surface area contributed by atoms with E-state index in [2.05, 4.69) is 4.84 Å². The summed E-state index contributed by atoms with van der Waals surface area (Å²) >= 11 is 0. The highest BCUT2D eigenvalue weighted by Gasteiger charge is 2.28. The van der Waals surface area contributed by atoms with Gasteiger partial charge >= 0.3 is 6.18 Å². The molecule has 0 heterocycles. The number of benzene rings is 1. The molecule has 0 saturated carbocycles. The van der Waals surface area contributed by atoms with Crippen LogP contribution in [0.25, 0.3) is 0 Å². The molecule has 1 aromatic rings. The van der Waals surface area contributed by atoms with Gasteiger partial charge in [-0.1, -0.05) is 6.07 Å². The van der Waals surface area contributed by atoms with E-state index in [-0.39, 0.29) is 17.9 Å². The Labute approximate surface area is 111 Å². The van der Waals surface area contributed by atoms with Crippen molar-refractivity contribution < 1.29 is 33.0 Å². The van der Waals surface area contributed by atoms with Crippen LogP contribution in [-0.4, -0.2) is 34.9 Å². The molecule has 0 aliphatic heterocycles. The number of carbonyl (C=O) groups is 1. The molecule has 1 atom stereocenters. The lowest BCUT2D eigenvalue weighted by molar-refractivity contribution is -0.192. The first kappa shape index (κ1) is 16.1. The summed E-state index contributed by atoms with van der Waals surface area (Å²) in [6, 6.07) is 2.65. The molecule has 0 aromatic heterocycles. The summed E-state index contributed by atoms with van der Waals surface area (Å²) in [5.74, 6) is -1.65. The van der Waals surface area contributed by atoms with Crippen molar-refractivity contribution in [3.63, 3.8) is 0 Å². The fourth-order valence-electron chi connectivity index (χ4n) is 1.31. The molecule has 0 unspecified atom stereocenters. The van der Waals surface area contributed by atoms with Gasteiger partial charge in [-0.15, -0.1) is 0 Å². The van der Waals surface area contributed by atoms with Crippen molar-refractivity contribution in [3.8, 4) is 11.5 Å². The van der Waals surface area contributed by atoms with E-state index in [9.17, 15) is 23.1 Å². The molecule has 0 aliphatic carbocycles. The Hall–Kier alpha value is -2.00. The number of amides is 1. The molecule has 9 heteroatoms. The number of rotatable bonds is 5. The van der Waals surface area contributed by atoms with Crippen LogP contribution in [0.2, 0.25) is 0 Å². The summed E-state index contributed by atoms with van der Waals surface area (Å²) in [7, 11) is 0. The first-order chi connectivity index (χ1) is 9.19. The SMILES string of the molecule is N[C@@H](Cc1ccc(O)c(O)c1)C(=O)NOCC(F)(F)F. The van der Waals surface area contributed by atoms with Gasteiger partial charge in [0.05, 0.1) is 6.04 Å². The Balaban J connectivity index is 2.47. The van der Waals surface area contributed by atoms with Crippen molar-refractivity contribution in [2.45, 2.75) is 18.6 Å². The zero-order chi connectivity index (χ0) is 15.3. The predicted octanol–water partition coefficient (Wildman–Crippen LogP) is 0.578. The highest BCUT2D eigenvalue weighted by atomic mass is 19.4. The number of carbonyl (C=O) groups excluding carboxylic acids is 1. The van der Waals surface area contributed by atoms with E-state index in [1.807, 2.05) is 0 Å². The molecule has 6 nitrogen and oxygen atoms in total. The Morgan fingerprint density at radius 3 is 2.55 bits per heavy atom. The second-order valence-corrected chi connectivity index (χ2v) is 4.00. The maximum absolute atomic E-state index is 11.8. The number of halogens is 3. The quantitative estimate of drug-likeness (QED) is 0.469. The maximum atomic E-state index is 11.8. The summed E-state index contributed by atoms with van der Waals surface area (Å²) in [6.07, 6.45) is -4.60. The molecule has 0 saturated heterocycles. The number of nitrogens with two attached hydrogens (primary N) is 1. The molecule has 0 aliphatic rings. The van der Waals surface area contributed by atoms with Crippen LogP contribution in [0.1, 0.15) is 5.56 Å². The van der Waals surface area contributed by atoms with E-state index in [0.29, 0.717) is 5.56 Å². The van der Waals surface area contributed by atoms with Crippen molar-refractivity contribution in [1.29, 1.82) is 0 Å². The van der Waals surface area contributed by atoms with Crippen molar-refractivity contribution in [1.82, 2.24) is 5.48 Å². The predicted molar refractivity (Wildman–Crippen MR) is 61.6 cm³/mol. The second kappa shape index (κ2) is 6.44. The molecule has 1 rings (SSSR count). The number of hydrogen-bond donors (Lipinski definition) is 4. The van der Waals surface area contributed by atoms with Crippen LogP contribution in [0.4, 0.5) is 13.2 Å². The molecule has 20 heavy (non-hydrogen) atoms. The van der Waals surface area contributed by atoms with Crippen molar-refractivity contribution in [3.05, 3.63) is 23.8 Å². The van der Waals surface area contributed by atoms with Gasteiger partial charge in [0.2, 0.25) is 0 Å². The van der Waals surface area contributed by atoms with E-state index in [4.69, 9.17) is 10.8 Å². The number of phenolic OH excluding ortho intramolecular Hbond substituents is 2. The van der Waals surface area contributed by atoms with Gasteiger partial charge in [-0.25, -0.2) is 5.48 Å². The smallest absolute Gasteiger partial charge is 0.414 e. The molecule has 0 spiro atoms. The van der Waals surface area contributed by atoms with Crippen LogP contribution >= 0.6 is 0 Å². The molecule has 1 amide bonds. The average Bonchev–Trinajstić information content (AvgIpc) is 2.32. The van der Waals surface area contributed by atoms with E-state index in [1.54, 1.807) is 5.48 Å². The van der Waals surface area contributed by atoms with Gasteiger partial charge in [-0.3, -0.25) is 9.63 Å². The van der Waals surface area contributed by atoms with Gasteiger partial charge in [0.15, 0.2) is 18.1 Å². The number of alkyl halides is 3. The van der Waals surface area contributed by atoms with Gasteiger partial charge in [0.1, 0.15) is 0 Å². The minimum atomic E-state index is -4.56. The summed E-state index contributed by atoms with van der Waals surface area (Å²) in [4.78, 5) is 15.3. The maximum Gasteiger partial charge on any atom is 0.414 e. The van der Waals surface area contributed by atoms with E-state index in [1.165, 1.54) is 18.2 Å². The minimum absolute atomic E-state index is 0.0466. The third-order valence-corrected chi connectivity index (χ3v) is 2.24. The standard InChI is InChI=1S/C11H13F3N2O4/c12-11(13,14)5-20-16-10(19)7(15)3-6-1-2-8(17)9(18)4-6/h1-2,4,7,17-18H,3,5,15H2,(H,16,19)/t7-/m0/s1. The summed E-state index contributed by atoms with van der Waals surface area (Å²) < 4.78 is 35.3. The van der Waals surface area contributed by atoms with Crippen LogP contribution in [0.3, 0.4) is 0 Å².